The molecule has 0 aliphatic heterocycles. The highest BCUT2D eigenvalue weighted by Crippen LogP contribution is 2.28. The lowest BCUT2D eigenvalue weighted by Crippen LogP contribution is -2.30. The molecule has 0 aliphatic carbocycles. The lowest BCUT2D eigenvalue weighted by atomic mass is 10.1. The van der Waals surface area contributed by atoms with Crippen LogP contribution in [0.5, 0.6) is 11.5 Å². The topological polar surface area (TPSA) is 56.6 Å². The van der Waals surface area contributed by atoms with Crippen LogP contribution in [0, 0.1) is 5.82 Å². The second-order valence-corrected chi connectivity index (χ2v) is 8.39. The van der Waals surface area contributed by atoms with Crippen molar-refractivity contribution in [3.8, 4) is 27.8 Å². The van der Waals surface area contributed by atoms with Crippen LogP contribution in [-0.2, 0) is 6.42 Å². The third-order valence-electron chi connectivity index (χ3n) is 5.30. The molecule has 2 aromatic carbocycles. The maximum atomic E-state index is 13.5. The van der Waals surface area contributed by atoms with Crippen LogP contribution in [0.4, 0.5) is 4.39 Å². The Balaban J connectivity index is 1.58. The van der Waals surface area contributed by atoms with Gasteiger partial charge >= 0.3 is 0 Å². The molecule has 2 heterocycles. The minimum absolute atomic E-state index is 0.171. The van der Waals surface area contributed by atoms with Crippen molar-refractivity contribution in [3.05, 3.63) is 83.1 Å². The number of carbonyl (C=O) groups excluding carboxylic acids is 1. The van der Waals surface area contributed by atoms with Crippen LogP contribution in [0.3, 0.4) is 0 Å². The number of aromatic nitrogens is 2. The van der Waals surface area contributed by atoms with Gasteiger partial charge in [-0.25, -0.2) is 9.07 Å². The van der Waals surface area contributed by atoms with Crippen LogP contribution in [-0.4, -0.2) is 48.4 Å². The van der Waals surface area contributed by atoms with Gasteiger partial charge in [-0.15, -0.1) is 11.3 Å². The van der Waals surface area contributed by atoms with E-state index in [-0.39, 0.29) is 11.7 Å². The Kier molecular flexibility index (Phi) is 6.74. The summed E-state index contributed by atoms with van der Waals surface area (Å²) < 4.78 is 25.7. The molecule has 0 unspecified atom stereocenters. The van der Waals surface area contributed by atoms with Gasteiger partial charge in [0.2, 0.25) is 0 Å². The van der Waals surface area contributed by atoms with Gasteiger partial charge in [0.15, 0.2) is 11.5 Å². The highest BCUT2D eigenvalue weighted by atomic mass is 32.1. The molecule has 0 radical (unpaired) electrons. The van der Waals surface area contributed by atoms with Gasteiger partial charge in [0.25, 0.3) is 5.91 Å². The number of nitrogens with zero attached hydrogens (tertiary/aromatic N) is 3. The number of amides is 1. The lowest BCUT2D eigenvalue weighted by Gasteiger charge is -2.18. The molecule has 0 fully saturated rings. The van der Waals surface area contributed by atoms with Gasteiger partial charge < -0.3 is 14.4 Å². The van der Waals surface area contributed by atoms with Gasteiger partial charge in [0.1, 0.15) is 17.2 Å². The first-order valence-corrected chi connectivity index (χ1v) is 11.2. The Bertz CT molecular complexity index is 1240. The molecule has 0 saturated carbocycles. The average Bonchev–Trinajstić information content (AvgIpc) is 3.52. The van der Waals surface area contributed by atoms with Gasteiger partial charge in [0.05, 0.1) is 24.8 Å². The smallest absolute Gasteiger partial charge is 0.272 e. The zero-order valence-electron chi connectivity index (χ0n) is 18.6. The van der Waals surface area contributed by atoms with Gasteiger partial charge in [-0.1, -0.05) is 12.1 Å². The molecule has 6 nitrogen and oxygen atoms in total. The van der Waals surface area contributed by atoms with Crippen LogP contribution in [0.2, 0.25) is 0 Å². The van der Waals surface area contributed by atoms with E-state index in [0.29, 0.717) is 41.5 Å². The lowest BCUT2D eigenvalue weighted by molar-refractivity contribution is 0.0787. The summed E-state index contributed by atoms with van der Waals surface area (Å²) >= 11 is 1.55. The number of rotatable bonds is 8. The summed E-state index contributed by atoms with van der Waals surface area (Å²) in [5.41, 5.74) is 2.76. The maximum Gasteiger partial charge on any atom is 0.272 e. The summed E-state index contributed by atoms with van der Waals surface area (Å²) in [5.74, 6) is 0.799. The Morgan fingerprint density at radius 3 is 2.48 bits per heavy atom. The highest BCUT2D eigenvalue weighted by molar-refractivity contribution is 7.13. The first kappa shape index (κ1) is 22.5. The van der Waals surface area contributed by atoms with E-state index < -0.39 is 0 Å². The van der Waals surface area contributed by atoms with Gasteiger partial charge in [-0.2, -0.15) is 5.10 Å². The molecule has 0 atom stereocenters. The largest absolute Gasteiger partial charge is 0.493 e. The Morgan fingerprint density at radius 1 is 1.06 bits per heavy atom. The molecule has 4 rings (SSSR count). The number of ether oxygens (including phenoxy) is 2. The quantitative estimate of drug-likeness (QED) is 0.365. The maximum absolute atomic E-state index is 13.5. The predicted octanol–water partition coefficient (Wildman–Crippen LogP) is 5.07. The minimum Gasteiger partial charge on any atom is -0.493 e. The Morgan fingerprint density at radius 2 is 1.82 bits per heavy atom. The summed E-state index contributed by atoms with van der Waals surface area (Å²) in [7, 11) is 4.95. The Labute approximate surface area is 195 Å². The van der Waals surface area contributed by atoms with E-state index in [1.54, 1.807) is 60.4 Å². The molecule has 1 amide bonds. The normalized spacial score (nSPS) is 10.8. The molecule has 4 aromatic rings. The van der Waals surface area contributed by atoms with E-state index in [1.165, 1.54) is 12.1 Å². The van der Waals surface area contributed by atoms with Crippen molar-refractivity contribution in [1.29, 1.82) is 0 Å². The second kappa shape index (κ2) is 9.87. The first-order chi connectivity index (χ1) is 16.0. The molecule has 0 N–H and O–H groups in total. The summed E-state index contributed by atoms with van der Waals surface area (Å²) in [4.78, 5) is 16.0. The zero-order valence-corrected chi connectivity index (χ0v) is 19.4. The number of hydrogen-bond acceptors (Lipinski definition) is 5. The van der Waals surface area contributed by atoms with E-state index in [0.717, 1.165) is 10.4 Å². The molecular weight excluding hydrogens is 441 g/mol. The molecule has 2 aromatic heterocycles. The van der Waals surface area contributed by atoms with Crippen molar-refractivity contribution in [3.63, 3.8) is 0 Å². The predicted molar refractivity (Wildman–Crippen MR) is 127 cm³/mol. The molecular formula is C25H24FN3O3S. The summed E-state index contributed by atoms with van der Waals surface area (Å²) in [6, 6.07) is 17.3. The van der Waals surface area contributed by atoms with Crippen LogP contribution in [0.1, 0.15) is 16.1 Å². The fourth-order valence-electron chi connectivity index (χ4n) is 3.49. The van der Waals surface area contributed by atoms with Crippen molar-refractivity contribution < 1.29 is 18.7 Å². The zero-order chi connectivity index (χ0) is 23.4. The molecule has 0 bridgehead atoms. The number of likely N-dealkylation sites (N-methyl/N-ethyl adjacent to an activating group) is 1. The molecule has 0 aliphatic rings. The van der Waals surface area contributed by atoms with Gasteiger partial charge in [-0.05, 0) is 65.9 Å². The molecule has 33 heavy (non-hydrogen) atoms. The first-order valence-electron chi connectivity index (χ1n) is 10.4. The standard InChI is InChI=1S/C25H24FN3O3S/c1-28(13-12-17-6-11-22(31-2)23(15-17)32-3)25(30)21-16-20(24-5-4-14-33-24)27-29(21)19-9-7-18(26)8-10-19/h4-11,14-16H,12-13H2,1-3H3. The van der Waals surface area contributed by atoms with Crippen molar-refractivity contribution in [2.24, 2.45) is 0 Å². The van der Waals surface area contributed by atoms with Crippen LogP contribution >= 0.6 is 11.3 Å². The minimum atomic E-state index is -0.343. The number of thiophene rings is 1. The van der Waals surface area contributed by atoms with E-state index in [2.05, 4.69) is 5.10 Å². The second-order valence-electron chi connectivity index (χ2n) is 7.45. The number of carbonyl (C=O) groups is 1. The van der Waals surface area contributed by atoms with Crippen molar-refractivity contribution in [2.45, 2.75) is 6.42 Å². The van der Waals surface area contributed by atoms with Gasteiger partial charge in [-0.3, -0.25) is 4.79 Å². The number of methoxy groups -OCH3 is 2. The molecule has 0 saturated heterocycles. The van der Waals surface area contributed by atoms with Crippen molar-refractivity contribution in [1.82, 2.24) is 14.7 Å². The summed E-state index contributed by atoms with van der Waals surface area (Å²) in [5, 5.41) is 6.60. The fraction of sp³-hybridized carbons (Fsp3) is 0.200. The van der Waals surface area contributed by atoms with Crippen LogP contribution < -0.4 is 9.47 Å². The van der Waals surface area contributed by atoms with E-state index >= 15 is 0 Å². The summed E-state index contributed by atoms with van der Waals surface area (Å²) in [6.07, 6.45) is 0.644. The van der Waals surface area contributed by atoms with E-state index in [1.807, 2.05) is 35.7 Å². The molecule has 170 valence electrons. The van der Waals surface area contributed by atoms with E-state index in [9.17, 15) is 9.18 Å². The molecule has 0 spiro atoms. The van der Waals surface area contributed by atoms with Gasteiger partial charge in [0, 0.05) is 13.6 Å². The van der Waals surface area contributed by atoms with Crippen LogP contribution in [0.25, 0.3) is 16.3 Å². The fourth-order valence-corrected chi connectivity index (χ4v) is 4.17. The highest BCUT2D eigenvalue weighted by Gasteiger charge is 2.21. The SMILES string of the molecule is COc1ccc(CCN(C)C(=O)c2cc(-c3cccs3)nn2-c2ccc(F)cc2)cc1OC. The van der Waals surface area contributed by atoms with Crippen molar-refractivity contribution >= 4 is 17.2 Å². The number of hydrogen-bond donors (Lipinski definition) is 0. The van der Waals surface area contributed by atoms with Crippen LogP contribution in [0.15, 0.2) is 66.0 Å². The summed E-state index contributed by atoms with van der Waals surface area (Å²) in [6.45, 7) is 0.497. The van der Waals surface area contributed by atoms with E-state index in [4.69, 9.17) is 9.47 Å². The third-order valence-corrected chi connectivity index (χ3v) is 6.20. The number of benzene rings is 2. The monoisotopic (exact) mass is 465 g/mol. The average molecular weight is 466 g/mol. The number of halogens is 1. The third kappa shape index (κ3) is 4.90. The Hall–Kier alpha value is -3.65. The van der Waals surface area contributed by atoms with Crippen molar-refractivity contribution in [2.75, 3.05) is 27.8 Å². The molecule has 8 heteroatoms.